The van der Waals surface area contributed by atoms with E-state index in [0.717, 1.165) is 19.4 Å². The number of ether oxygens (including phenoxy) is 1. The van der Waals surface area contributed by atoms with E-state index in [1.165, 1.54) is 24.3 Å². The quantitative estimate of drug-likeness (QED) is 0.375. The van der Waals surface area contributed by atoms with Crippen molar-refractivity contribution in [3.8, 4) is 17.8 Å². The van der Waals surface area contributed by atoms with Crippen LogP contribution in [0, 0.1) is 34.7 Å². The molecule has 39 heavy (non-hydrogen) atoms. The number of nitrogens with one attached hydrogen (secondary N) is 2. The fraction of sp³-hybridized carbons (Fsp3) is 0.292. The number of carbonyl (C=O) groups excluding carboxylic acids is 1. The van der Waals surface area contributed by atoms with Gasteiger partial charge in [0.25, 0.3) is 17.7 Å². The van der Waals surface area contributed by atoms with Gasteiger partial charge in [0.2, 0.25) is 5.82 Å². The molecule has 1 aliphatic rings. The Morgan fingerprint density at radius 3 is 2.46 bits per heavy atom. The summed E-state index contributed by atoms with van der Waals surface area (Å²) < 4.78 is 95.3. The summed E-state index contributed by atoms with van der Waals surface area (Å²) in [7, 11) is -3.18. The Balaban J connectivity index is 1.76. The lowest BCUT2D eigenvalue weighted by atomic mass is 9.66. The number of benzene rings is 1. The molecule has 1 aliphatic carbocycles. The highest BCUT2D eigenvalue weighted by Gasteiger charge is 2.43. The van der Waals surface area contributed by atoms with Crippen molar-refractivity contribution in [3.05, 3.63) is 64.5 Å². The maximum absolute atomic E-state index is 14.9. The van der Waals surface area contributed by atoms with Crippen molar-refractivity contribution in [3.63, 3.8) is 0 Å². The average Bonchev–Trinajstić information content (AvgIpc) is 2.81. The predicted octanol–water partition coefficient (Wildman–Crippen LogP) is 5.50. The summed E-state index contributed by atoms with van der Waals surface area (Å²) in [6.07, 6.45) is -1.76. The molecule has 2 N–H and O–H groups in total. The minimum absolute atomic E-state index is 0.0166. The molecule has 3 aromatic rings. The van der Waals surface area contributed by atoms with Gasteiger partial charge in [0.05, 0.1) is 21.2 Å². The second-order valence-corrected chi connectivity index (χ2v) is 11.1. The molecule has 0 aliphatic heterocycles. The molecule has 0 spiro atoms. The first-order chi connectivity index (χ1) is 18.2. The first-order valence-corrected chi connectivity index (χ1v) is 13.2. The van der Waals surface area contributed by atoms with Crippen LogP contribution in [-0.4, -0.2) is 31.6 Å². The van der Waals surface area contributed by atoms with Gasteiger partial charge in [0.15, 0.2) is 11.5 Å². The lowest BCUT2D eigenvalue weighted by Crippen LogP contribution is -2.34. The number of anilines is 1. The number of aromatic nitrogens is 3. The van der Waals surface area contributed by atoms with Crippen LogP contribution in [0.15, 0.2) is 35.4 Å². The molecule has 0 radical (unpaired) electrons. The monoisotopic (exact) mass is 566 g/mol. The summed E-state index contributed by atoms with van der Waals surface area (Å²) in [6.45, 7) is 0.916. The van der Waals surface area contributed by atoms with Crippen LogP contribution in [0.5, 0.6) is 11.8 Å². The van der Waals surface area contributed by atoms with Gasteiger partial charge in [-0.15, -0.1) is 10.2 Å². The molecule has 1 unspecified atom stereocenters. The van der Waals surface area contributed by atoms with Gasteiger partial charge in [-0.2, -0.15) is 22.8 Å². The molecule has 0 saturated heterocycles. The molecule has 2 aromatic heterocycles. The van der Waals surface area contributed by atoms with Crippen LogP contribution >= 0.6 is 0 Å². The molecule has 1 atom stereocenters. The van der Waals surface area contributed by atoms with Crippen molar-refractivity contribution in [1.29, 1.82) is 10.0 Å². The molecule has 2 heterocycles. The smallest absolute Gasteiger partial charge is 0.415 e. The molecule has 0 bridgehead atoms. The topological polar surface area (TPSA) is 142 Å². The molecular weight excluding hydrogens is 547 g/mol. The third-order valence-electron chi connectivity index (χ3n) is 6.28. The highest BCUT2D eigenvalue weighted by Crippen LogP contribution is 2.45. The van der Waals surface area contributed by atoms with Gasteiger partial charge >= 0.3 is 6.18 Å². The van der Waals surface area contributed by atoms with Crippen LogP contribution < -0.4 is 10.1 Å². The number of nitrogens with zero attached hydrogens (tertiary/aromatic N) is 4. The Hall–Kier alpha value is -4.19. The SMILES string of the molecule is Cc1c(C(F)(F)F)nnc(Oc2ncc(C3(C#N)CCC3)c(F)c2F)c1C(=O)Nc1cccc(S(C)(=N)=O)c1. The summed E-state index contributed by atoms with van der Waals surface area (Å²) >= 11 is 0. The van der Waals surface area contributed by atoms with Gasteiger partial charge < -0.3 is 10.1 Å². The maximum atomic E-state index is 14.9. The van der Waals surface area contributed by atoms with Gasteiger partial charge in [0.1, 0.15) is 5.56 Å². The van der Waals surface area contributed by atoms with E-state index >= 15 is 0 Å². The lowest BCUT2D eigenvalue weighted by molar-refractivity contribution is -0.142. The molecule has 1 fully saturated rings. The standard InChI is InChI=1S/C24H19F5N6O3S/c1-12-16(20(36)33-13-5-3-6-14(9-13)39(2,31)37)21(35-34-19(12)24(27,28)29)38-22-18(26)17(25)15(10-32-22)23(11-30)7-4-8-23/h3,5-6,9-10,31H,4,7-8H2,1-2H3,(H,33,36). The van der Waals surface area contributed by atoms with E-state index in [4.69, 9.17) is 9.52 Å². The molecule has 1 saturated carbocycles. The number of nitriles is 1. The number of halogens is 5. The van der Waals surface area contributed by atoms with Crippen LogP contribution in [0.2, 0.25) is 0 Å². The summed E-state index contributed by atoms with van der Waals surface area (Å²) in [5.41, 5.74) is -4.60. The Morgan fingerprint density at radius 1 is 1.21 bits per heavy atom. The number of rotatable bonds is 6. The van der Waals surface area contributed by atoms with Crippen LogP contribution in [0.25, 0.3) is 0 Å². The van der Waals surface area contributed by atoms with E-state index in [2.05, 4.69) is 20.5 Å². The number of carbonyl (C=O) groups is 1. The second kappa shape index (κ2) is 9.84. The lowest BCUT2D eigenvalue weighted by Gasteiger charge is -2.35. The van der Waals surface area contributed by atoms with E-state index in [1.54, 1.807) is 0 Å². The molecule has 1 amide bonds. The van der Waals surface area contributed by atoms with Crippen molar-refractivity contribution in [2.75, 3.05) is 11.6 Å². The zero-order valence-corrected chi connectivity index (χ0v) is 21.1. The maximum Gasteiger partial charge on any atom is 0.435 e. The molecule has 15 heteroatoms. The number of hydrogen-bond acceptors (Lipinski definition) is 8. The molecule has 204 valence electrons. The number of hydrogen-bond donors (Lipinski definition) is 2. The number of pyridine rings is 1. The highest BCUT2D eigenvalue weighted by molar-refractivity contribution is 7.91. The second-order valence-electron chi connectivity index (χ2n) is 8.93. The Bertz CT molecular complexity index is 1630. The summed E-state index contributed by atoms with van der Waals surface area (Å²) in [5, 5.41) is 18.1. The first-order valence-electron chi connectivity index (χ1n) is 11.2. The number of alkyl halides is 3. The molecule has 9 nitrogen and oxygen atoms in total. The summed E-state index contributed by atoms with van der Waals surface area (Å²) in [6, 6.07) is 7.23. The third-order valence-corrected chi connectivity index (χ3v) is 7.43. The zero-order valence-electron chi connectivity index (χ0n) is 20.3. The van der Waals surface area contributed by atoms with Crippen LogP contribution in [0.4, 0.5) is 27.6 Å². The van der Waals surface area contributed by atoms with Gasteiger partial charge in [-0.1, -0.05) is 6.07 Å². The van der Waals surface area contributed by atoms with Crippen LogP contribution in [0.3, 0.4) is 0 Å². The highest BCUT2D eigenvalue weighted by atomic mass is 32.2. The van der Waals surface area contributed by atoms with E-state index in [-0.39, 0.29) is 16.1 Å². The minimum atomic E-state index is -5.02. The van der Waals surface area contributed by atoms with E-state index in [1.807, 2.05) is 6.07 Å². The van der Waals surface area contributed by atoms with Gasteiger partial charge in [-0.3, -0.25) is 4.79 Å². The van der Waals surface area contributed by atoms with Crippen molar-refractivity contribution in [1.82, 2.24) is 15.2 Å². The number of amides is 1. The molecular formula is C24H19F5N6O3S. The normalized spacial score (nSPS) is 15.9. The predicted molar refractivity (Wildman–Crippen MR) is 127 cm³/mol. The van der Waals surface area contributed by atoms with E-state index < -0.39 is 67.4 Å². The fourth-order valence-electron chi connectivity index (χ4n) is 4.03. The third kappa shape index (κ3) is 5.24. The van der Waals surface area contributed by atoms with Crippen molar-refractivity contribution < 1.29 is 35.7 Å². The first kappa shape index (κ1) is 27.8. The Labute approximate surface area is 219 Å². The zero-order chi connectivity index (χ0) is 28.8. The molecule has 1 aromatic carbocycles. The van der Waals surface area contributed by atoms with Crippen molar-refractivity contribution >= 4 is 21.3 Å². The van der Waals surface area contributed by atoms with Gasteiger partial charge in [0, 0.05) is 28.6 Å². The molecule has 4 rings (SSSR count). The minimum Gasteiger partial charge on any atom is -0.415 e. The summed E-state index contributed by atoms with van der Waals surface area (Å²) in [5.74, 6) is -6.16. The van der Waals surface area contributed by atoms with E-state index in [0.29, 0.717) is 19.3 Å². The van der Waals surface area contributed by atoms with Crippen molar-refractivity contribution in [2.24, 2.45) is 0 Å². The summed E-state index contributed by atoms with van der Waals surface area (Å²) in [4.78, 5) is 16.9. The van der Waals surface area contributed by atoms with E-state index in [9.17, 15) is 36.2 Å². The van der Waals surface area contributed by atoms with Crippen LogP contribution in [-0.2, 0) is 21.3 Å². The Kier molecular flexibility index (Phi) is 7.02. The van der Waals surface area contributed by atoms with Gasteiger partial charge in [-0.05, 0) is 49.9 Å². The van der Waals surface area contributed by atoms with Crippen LogP contribution in [0.1, 0.15) is 46.4 Å². The Morgan fingerprint density at radius 2 is 1.90 bits per heavy atom. The fourth-order valence-corrected chi connectivity index (χ4v) is 4.72. The average molecular weight is 567 g/mol. The largest absolute Gasteiger partial charge is 0.435 e. The van der Waals surface area contributed by atoms with Gasteiger partial charge in [-0.25, -0.2) is 18.4 Å². The van der Waals surface area contributed by atoms with Crippen molar-refractivity contribution in [2.45, 2.75) is 42.7 Å².